The first kappa shape index (κ1) is 17.0. The zero-order valence-corrected chi connectivity index (χ0v) is 12.6. The Bertz CT molecular complexity index is 581. The molecule has 1 atom stereocenters. The Kier molecular flexibility index (Phi) is 5.77. The van der Waals surface area contributed by atoms with Gasteiger partial charge in [0.05, 0.1) is 18.6 Å². The number of sulfone groups is 1. The summed E-state index contributed by atoms with van der Waals surface area (Å²) in [6.07, 6.45) is 2.29. The van der Waals surface area contributed by atoms with E-state index in [0.717, 1.165) is 6.26 Å². The van der Waals surface area contributed by atoms with Gasteiger partial charge in [-0.1, -0.05) is 0 Å². The van der Waals surface area contributed by atoms with E-state index in [2.05, 4.69) is 5.32 Å². The Balaban J connectivity index is 2.57. The Hall–Kier alpha value is -2.03. The van der Waals surface area contributed by atoms with Crippen molar-refractivity contribution in [3.8, 4) is 0 Å². The maximum absolute atomic E-state index is 11.9. The molecule has 1 unspecified atom stereocenters. The van der Waals surface area contributed by atoms with E-state index in [1.54, 1.807) is 12.1 Å². The van der Waals surface area contributed by atoms with Crippen molar-refractivity contribution < 1.29 is 27.5 Å². The number of carboxylic acid groups (broad SMARTS) is 1. The smallest absolute Gasteiger partial charge is 0.326 e. The van der Waals surface area contributed by atoms with Gasteiger partial charge in [-0.3, -0.25) is 0 Å². The van der Waals surface area contributed by atoms with E-state index in [1.165, 1.54) is 18.2 Å². The molecule has 21 heavy (non-hydrogen) atoms. The summed E-state index contributed by atoms with van der Waals surface area (Å²) in [4.78, 5) is 24.2. The van der Waals surface area contributed by atoms with Crippen LogP contribution in [0.4, 0.5) is 4.79 Å². The standard InChI is InChI=1S/C12H18N2O6S/c1-14(8-9-4-3-6-20-9)12(17)13-10(11(15)16)5-7-21(2,18)19/h3-4,6,10H,5,7-8H2,1-2H3,(H,13,17)(H,15,16). The van der Waals surface area contributed by atoms with Crippen LogP contribution >= 0.6 is 0 Å². The van der Waals surface area contributed by atoms with Gasteiger partial charge in [0.15, 0.2) is 0 Å². The Morgan fingerprint density at radius 1 is 1.48 bits per heavy atom. The van der Waals surface area contributed by atoms with Crippen molar-refractivity contribution in [1.82, 2.24) is 10.2 Å². The van der Waals surface area contributed by atoms with Gasteiger partial charge < -0.3 is 19.7 Å². The van der Waals surface area contributed by atoms with Crippen LogP contribution in [0.3, 0.4) is 0 Å². The summed E-state index contributed by atoms with van der Waals surface area (Å²) in [5, 5.41) is 11.3. The molecule has 1 heterocycles. The quantitative estimate of drug-likeness (QED) is 0.747. The molecule has 8 nitrogen and oxygen atoms in total. The zero-order valence-electron chi connectivity index (χ0n) is 11.8. The summed E-state index contributed by atoms with van der Waals surface area (Å²) in [6.45, 7) is 0.178. The number of nitrogens with zero attached hydrogens (tertiary/aromatic N) is 1. The molecular weight excluding hydrogens is 300 g/mol. The van der Waals surface area contributed by atoms with Gasteiger partial charge in [0.25, 0.3) is 0 Å². The summed E-state index contributed by atoms with van der Waals surface area (Å²) in [5.41, 5.74) is 0. The number of hydrogen-bond donors (Lipinski definition) is 2. The molecule has 0 fully saturated rings. The molecule has 118 valence electrons. The molecule has 9 heteroatoms. The minimum absolute atomic E-state index is 0.178. The molecule has 1 aromatic rings. The largest absolute Gasteiger partial charge is 0.480 e. The first-order chi connectivity index (χ1) is 9.69. The minimum Gasteiger partial charge on any atom is -0.480 e. The molecule has 0 aliphatic heterocycles. The molecule has 0 spiro atoms. The Morgan fingerprint density at radius 2 is 2.14 bits per heavy atom. The second kappa shape index (κ2) is 7.11. The van der Waals surface area contributed by atoms with Crippen LogP contribution in [-0.4, -0.2) is 55.5 Å². The third-order valence-corrected chi connectivity index (χ3v) is 3.67. The van der Waals surface area contributed by atoms with Crippen molar-refractivity contribution in [2.75, 3.05) is 19.1 Å². The van der Waals surface area contributed by atoms with Gasteiger partial charge in [-0.2, -0.15) is 0 Å². The van der Waals surface area contributed by atoms with Gasteiger partial charge in [-0.05, 0) is 18.6 Å². The van der Waals surface area contributed by atoms with Crippen LogP contribution < -0.4 is 5.32 Å². The predicted molar refractivity (Wildman–Crippen MR) is 74.5 cm³/mol. The lowest BCUT2D eigenvalue weighted by Crippen LogP contribution is -2.47. The summed E-state index contributed by atoms with van der Waals surface area (Å²) in [7, 11) is -1.81. The monoisotopic (exact) mass is 318 g/mol. The lowest BCUT2D eigenvalue weighted by atomic mass is 10.2. The molecule has 2 N–H and O–H groups in total. The van der Waals surface area contributed by atoms with Crippen LogP contribution in [-0.2, 0) is 21.2 Å². The number of nitrogens with one attached hydrogen (secondary N) is 1. The molecule has 1 rings (SSSR count). The van der Waals surface area contributed by atoms with E-state index < -0.39 is 27.9 Å². The Labute approximate surface area is 122 Å². The maximum atomic E-state index is 11.9. The molecule has 0 saturated heterocycles. The number of hydrogen-bond acceptors (Lipinski definition) is 5. The van der Waals surface area contributed by atoms with Crippen molar-refractivity contribution in [1.29, 1.82) is 0 Å². The highest BCUT2D eigenvalue weighted by Crippen LogP contribution is 2.05. The number of carbonyl (C=O) groups is 2. The third-order valence-electron chi connectivity index (χ3n) is 2.69. The van der Waals surface area contributed by atoms with Gasteiger partial charge in [0.2, 0.25) is 0 Å². The normalized spacial score (nSPS) is 12.7. The molecule has 1 aromatic heterocycles. The first-order valence-electron chi connectivity index (χ1n) is 6.13. The second-order valence-electron chi connectivity index (χ2n) is 4.69. The topological polar surface area (TPSA) is 117 Å². The highest BCUT2D eigenvalue weighted by molar-refractivity contribution is 7.90. The van der Waals surface area contributed by atoms with E-state index in [1.807, 2.05) is 0 Å². The molecule has 0 aliphatic carbocycles. The van der Waals surface area contributed by atoms with Gasteiger partial charge in [0.1, 0.15) is 21.6 Å². The van der Waals surface area contributed by atoms with Crippen molar-refractivity contribution in [2.45, 2.75) is 19.0 Å². The predicted octanol–water partition coefficient (Wildman–Crippen LogP) is 0.309. The average Bonchev–Trinajstić information content (AvgIpc) is 2.85. The summed E-state index contributed by atoms with van der Waals surface area (Å²) >= 11 is 0. The highest BCUT2D eigenvalue weighted by atomic mass is 32.2. The second-order valence-corrected chi connectivity index (χ2v) is 6.95. The fourth-order valence-corrected chi connectivity index (χ4v) is 2.22. The van der Waals surface area contributed by atoms with Crippen LogP contribution in [0.2, 0.25) is 0 Å². The number of carbonyl (C=O) groups excluding carboxylic acids is 1. The van der Waals surface area contributed by atoms with Crippen molar-refractivity contribution in [2.24, 2.45) is 0 Å². The van der Waals surface area contributed by atoms with Crippen LogP contribution in [0.15, 0.2) is 22.8 Å². The lowest BCUT2D eigenvalue weighted by Gasteiger charge is -2.20. The lowest BCUT2D eigenvalue weighted by molar-refractivity contribution is -0.139. The number of urea groups is 1. The van der Waals surface area contributed by atoms with Crippen LogP contribution in [0.25, 0.3) is 0 Å². The Morgan fingerprint density at radius 3 is 2.62 bits per heavy atom. The van der Waals surface area contributed by atoms with Crippen LogP contribution in [0.1, 0.15) is 12.2 Å². The molecule has 0 aromatic carbocycles. The molecular formula is C12H18N2O6S. The van der Waals surface area contributed by atoms with E-state index in [0.29, 0.717) is 5.76 Å². The molecule has 0 radical (unpaired) electrons. The van der Waals surface area contributed by atoms with E-state index >= 15 is 0 Å². The molecule has 2 amide bonds. The zero-order chi connectivity index (χ0) is 16.0. The van der Waals surface area contributed by atoms with Gasteiger partial charge in [0, 0.05) is 13.3 Å². The average molecular weight is 318 g/mol. The number of amides is 2. The number of furan rings is 1. The fraction of sp³-hybridized carbons (Fsp3) is 0.500. The van der Waals surface area contributed by atoms with Crippen LogP contribution in [0.5, 0.6) is 0 Å². The van der Waals surface area contributed by atoms with Gasteiger partial charge in [-0.25, -0.2) is 18.0 Å². The number of aliphatic carboxylic acids is 1. The first-order valence-corrected chi connectivity index (χ1v) is 8.19. The maximum Gasteiger partial charge on any atom is 0.326 e. The molecule has 0 bridgehead atoms. The van der Waals surface area contributed by atoms with Crippen LogP contribution in [0, 0.1) is 0 Å². The minimum atomic E-state index is -3.29. The third kappa shape index (κ3) is 6.30. The van der Waals surface area contributed by atoms with E-state index in [4.69, 9.17) is 9.52 Å². The van der Waals surface area contributed by atoms with Crippen molar-refractivity contribution >= 4 is 21.8 Å². The number of carboxylic acids is 1. The van der Waals surface area contributed by atoms with Crippen molar-refractivity contribution in [3.05, 3.63) is 24.2 Å². The highest BCUT2D eigenvalue weighted by Gasteiger charge is 2.23. The van der Waals surface area contributed by atoms with Gasteiger partial charge >= 0.3 is 12.0 Å². The van der Waals surface area contributed by atoms with E-state index in [-0.39, 0.29) is 18.7 Å². The fourth-order valence-electron chi connectivity index (χ4n) is 1.56. The summed E-state index contributed by atoms with van der Waals surface area (Å²) < 4.78 is 27.2. The molecule has 0 aliphatic rings. The summed E-state index contributed by atoms with van der Waals surface area (Å²) in [6, 6.07) is 1.48. The van der Waals surface area contributed by atoms with Crippen molar-refractivity contribution in [3.63, 3.8) is 0 Å². The number of rotatable bonds is 7. The molecule has 0 saturated carbocycles. The SMILES string of the molecule is CN(Cc1ccco1)C(=O)NC(CCS(C)(=O)=O)C(=O)O. The van der Waals surface area contributed by atoms with Gasteiger partial charge in [-0.15, -0.1) is 0 Å². The van der Waals surface area contributed by atoms with E-state index in [9.17, 15) is 18.0 Å². The summed E-state index contributed by atoms with van der Waals surface area (Å²) in [5.74, 6) is -1.04.